The number of fused-ring (bicyclic) bond motifs is 1. The third-order valence-electron chi connectivity index (χ3n) is 11.7. The highest BCUT2D eigenvalue weighted by Gasteiger charge is 2.54. The van der Waals surface area contributed by atoms with Crippen LogP contribution in [0, 0.1) is 0 Å². The molecule has 3 aliphatic rings. The van der Waals surface area contributed by atoms with Crippen LogP contribution >= 0.6 is 0 Å². The van der Waals surface area contributed by atoms with Gasteiger partial charge >= 0.3 is 0 Å². The van der Waals surface area contributed by atoms with Crippen LogP contribution in [0.1, 0.15) is 46.1 Å². The molecule has 9 rings (SSSR count). The van der Waals surface area contributed by atoms with Crippen LogP contribution in [0.15, 0.2) is 182 Å². The molecule has 10 atom stereocenters. The van der Waals surface area contributed by atoms with E-state index in [1.54, 1.807) is 0 Å². The van der Waals surface area contributed by atoms with Crippen LogP contribution in [0.25, 0.3) is 0 Å². The van der Waals surface area contributed by atoms with Gasteiger partial charge in [-0.1, -0.05) is 182 Å². The summed E-state index contributed by atoms with van der Waals surface area (Å²) in [5.74, 6) is 0. The van der Waals surface area contributed by atoms with Crippen molar-refractivity contribution in [2.24, 2.45) is 0 Å². The summed E-state index contributed by atoms with van der Waals surface area (Å²) in [5.41, 5.74) is 6.04. The highest BCUT2D eigenvalue weighted by Crippen LogP contribution is 2.39. The molecule has 0 spiro atoms. The Hall–Kier alpha value is -5.08. The van der Waals surface area contributed by atoms with E-state index in [0.717, 1.165) is 33.4 Å². The van der Waals surface area contributed by atoms with E-state index in [1.165, 1.54) is 0 Å². The molecule has 0 amide bonds. The zero-order valence-corrected chi connectivity index (χ0v) is 35.8. The van der Waals surface area contributed by atoms with E-state index < -0.39 is 61.6 Å². The molecule has 0 N–H and O–H groups in total. The van der Waals surface area contributed by atoms with E-state index in [1.807, 2.05) is 170 Å². The molecule has 0 aliphatic carbocycles. The van der Waals surface area contributed by atoms with Crippen LogP contribution < -0.4 is 0 Å². The highest BCUT2D eigenvalue weighted by molar-refractivity contribution is 5.19. The molecule has 10 heteroatoms. The molecule has 3 heterocycles. The van der Waals surface area contributed by atoms with Gasteiger partial charge in [0.2, 0.25) is 0 Å². The van der Waals surface area contributed by atoms with Gasteiger partial charge in [0.15, 0.2) is 18.9 Å². The van der Waals surface area contributed by atoms with Crippen molar-refractivity contribution in [1.29, 1.82) is 0 Å². The third kappa shape index (κ3) is 12.0. The van der Waals surface area contributed by atoms with Gasteiger partial charge in [-0.25, -0.2) is 0 Å². The molecule has 6 aromatic carbocycles. The van der Waals surface area contributed by atoms with E-state index >= 15 is 0 Å². The van der Waals surface area contributed by atoms with Crippen LogP contribution in [-0.4, -0.2) is 68.5 Å². The van der Waals surface area contributed by atoms with Gasteiger partial charge in [0.25, 0.3) is 0 Å². The molecule has 0 aromatic heterocycles. The Kier molecular flexibility index (Phi) is 15.7. The maximum Gasteiger partial charge on any atom is 0.187 e. The van der Waals surface area contributed by atoms with Gasteiger partial charge in [0, 0.05) is 12.0 Å². The van der Waals surface area contributed by atoms with Crippen molar-refractivity contribution in [2.45, 2.75) is 101 Å². The lowest BCUT2D eigenvalue weighted by molar-refractivity contribution is -0.390. The predicted molar refractivity (Wildman–Crippen MR) is 239 cm³/mol. The first-order chi connectivity index (χ1) is 31.7. The van der Waals surface area contributed by atoms with Crippen molar-refractivity contribution in [1.82, 2.24) is 0 Å². The van der Waals surface area contributed by atoms with Crippen LogP contribution in [0.3, 0.4) is 0 Å². The van der Waals surface area contributed by atoms with Gasteiger partial charge in [-0.15, -0.1) is 0 Å². The van der Waals surface area contributed by atoms with Crippen molar-refractivity contribution >= 4 is 0 Å². The summed E-state index contributed by atoms with van der Waals surface area (Å²) < 4.78 is 67.9. The van der Waals surface area contributed by atoms with Crippen molar-refractivity contribution in [2.75, 3.05) is 13.2 Å². The SMILES string of the molecule is c1ccc(COCC2O[C@@H](OCc3ccccc3)C[C@@H](OCc3ccccc3)C2OC2OC3COC(c4ccccc4)OC3C(OCc3ccccc3)C2OCc2ccccc2)cc1. The Morgan fingerprint density at radius 3 is 1.45 bits per heavy atom. The standard InChI is InChI=1S/C54H56O10/c1-7-19-39(20-8-1)32-55-37-46-49(45(56-33-40-21-9-2-10-22-40)31-48(61-46)57-34-41-23-11-3-12-24-41)63-54-52(59-36-43-27-15-5-16-28-43)51(58-35-42-25-13-4-14-26-42)50-47(62-54)38-60-53(64-50)44-29-17-6-18-30-44/h1-30,45-54H,31-38H2/t45-,46?,47?,48-,49?,50?,51?,52?,53?,54?/m1/s1. The van der Waals surface area contributed by atoms with Crippen molar-refractivity contribution in [3.8, 4) is 0 Å². The van der Waals surface area contributed by atoms with E-state index in [4.69, 9.17) is 47.4 Å². The zero-order valence-electron chi connectivity index (χ0n) is 35.8. The smallest absolute Gasteiger partial charge is 0.187 e. The molecule has 64 heavy (non-hydrogen) atoms. The van der Waals surface area contributed by atoms with Crippen LogP contribution in [-0.2, 0) is 80.4 Å². The molecule has 3 saturated heterocycles. The van der Waals surface area contributed by atoms with Gasteiger partial charge < -0.3 is 47.4 Å². The van der Waals surface area contributed by atoms with Crippen molar-refractivity contribution in [3.05, 3.63) is 215 Å². The number of rotatable bonds is 19. The molecule has 332 valence electrons. The first-order valence-corrected chi connectivity index (χ1v) is 22.2. The first kappa shape index (κ1) is 44.1. The average Bonchev–Trinajstić information content (AvgIpc) is 3.36. The molecule has 0 bridgehead atoms. The topological polar surface area (TPSA) is 92.3 Å². The third-order valence-corrected chi connectivity index (χ3v) is 11.7. The van der Waals surface area contributed by atoms with Crippen LogP contribution in [0.2, 0.25) is 0 Å². The van der Waals surface area contributed by atoms with Crippen LogP contribution in [0.5, 0.6) is 0 Å². The minimum atomic E-state index is -0.957. The van der Waals surface area contributed by atoms with Crippen LogP contribution in [0.4, 0.5) is 0 Å². The Bertz CT molecular complexity index is 2220. The Morgan fingerprint density at radius 1 is 0.438 bits per heavy atom. The normalized spacial score (nSPS) is 26.8. The average molecular weight is 865 g/mol. The fraction of sp³-hybridized carbons (Fsp3) is 0.333. The summed E-state index contributed by atoms with van der Waals surface area (Å²) in [4.78, 5) is 0. The van der Waals surface area contributed by atoms with Gasteiger partial charge in [-0.2, -0.15) is 0 Å². The summed E-state index contributed by atoms with van der Waals surface area (Å²) in [6, 6.07) is 60.4. The second-order valence-corrected chi connectivity index (χ2v) is 16.3. The molecule has 6 aromatic rings. The maximum atomic E-state index is 7.28. The maximum absolute atomic E-state index is 7.28. The molecule has 10 nitrogen and oxygen atoms in total. The lowest BCUT2D eigenvalue weighted by atomic mass is 9.96. The zero-order chi connectivity index (χ0) is 43.2. The van der Waals surface area contributed by atoms with Gasteiger partial charge in [-0.3, -0.25) is 0 Å². The molecule has 8 unspecified atom stereocenters. The minimum Gasteiger partial charge on any atom is -0.374 e. The summed E-state index contributed by atoms with van der Waals surface area (Å²) in [5, 5.41) is 0. The predicted octanol–water partition coefficient (Wildman–Crippen LogP) is 9.52. The summed E-state index contributed by atoms with van der Waals surface area (Å²) in [6.45, 7) is 2.15. The monoisotopic (exact) mass is 864 g/mol. The Morgan fingerprint density at radius 2 is 0.906 bits per heavy atom. The number of hydrogen-bond donors (Lipinski definition) is 0. The second kappa shape index (κ2) is 22.7. The highest BCUT2D eigenvalue weighted by atomic mass is 16.8. The number of benzene rings is 6. The van der Waals surface area contributed by atoms with E-state index in [0.29, 0.717) is 32.8 Å². The fourth-order valence-electron chi connectivity index (χ4n) is 8.37. The van der Waals surface area contributed by atoms with Crippen molar-refractivity contribution in [3.63, 3.8) is 0 Å². The van der Waals surface area contributed by atoms with E-state index in [2.05, 4.69) is 12.1 Å². The van der Waals surface area contributed by atoms with Gasteiger partial charge in [0.05, 0.1) is 52.4 Å². The number of ether oxygens (including phenoxy) is 10. The largest absolute Gasteiger partial charge is 0.374 e. The fourth-order valence-corrected chi connectivity index (χ4v) is 8.37. The molecular weight excluding hydrogens is 809 g/mol. The first-order valence-electron chi connectivity index (χ1n) is 22.2. The lowest BCUT2D eigenvalue weighted by Gasteiger charge is -2.50. The quantitative estimate of drug-likeness (QED) is 0.0785. The molecule has 3 fully saturated rings. The minimum absolute atomic E-state index is 0.198. The number of hydrogen-bond acceptors (Lipinski definition) is 10. The van der Waals surface area contributed by atoms with E-state index in [-0.39, 0.29) is 19.8 Å². The molecule has 0 radical (unpaired) electrons. The van der Waals surface area contributed by atoms with Gasteiger partial charge in [-0.05, 0) is 27.8 Å². The Balaban J connectivity index is 1.04. The second-order valence-electron chi connectivity index (χ2n) is 16.3. The Labute approximate surface area is 375 Å². The summed E-state index contributed by atoms with van der Waals surface area (Å²) in [7, 11) is 0. The van der Waals surface area contributed by atoms with Gasteiger partial charge in [0.1, 0.15) is 36.6 Å². The summed E-state index contributed by atoms with van der Waals surface area (Å²) >= 11 is 0. The molecule has 3 aliphatic heterocycles. The molecular formula is C54H56O10. The summed E-state index contributed by atoms with van der Waals surface area (Å²) in [6.07, 6.45) is -6.10. The van der Waals surface area contributed by atoms with Crippen molar-refractivity contribution < 1.29 is 47.4 Å². The van der Waals surface area contributed by atoms with E-state index in [9.17, 15) is 0 Å². The molecule has 0 saturated carbocycles. The lowest BCUT2D eigenvalue weighted by Crippen LogP contribution is -2.65.